The molecule has 0 bridgehead atoms. The van der Waals surface area contributed by atoms with Gasteiger partial charge in [0.2, 0.25) is 0 Å². The van der Waals surface area contributed by atoms with Gasteiger partial charge >= 0.3 is 5.97 Å². The molecule has 25 heavy (non-hydrogen) atoms. The molecule has 0 radical (unpaired) electrons. The Morgan fingerprint density at radius 1 is 1.00 bits per heavy atom. The minimum absolute atomic E-state index is 0.182. The number of ether oxygens (including phenoxy) is 1. The van der Waals surface area contributed by atoms with Crippen molar-refractivity contribution in [1.82, 2.24) is 0 Å². The van der Waals surface area contributed by atoms with E-state index in [1.54, 1.807) is 0 Å². The molecular weight excluding hydrogens is 310 g/mol. The van der Waals surface area contributed by atoms with Gasteiger partial charge in [-0.05, 0) is 47.9 Å². The van der Waals surface area contributed by atoms with Crippen molar-refractivity contribution in [3.8, 4) is 0 Å². The second-order valence-electron chi connectivity index (χ2n) is 6.11. The summed E-state index contributed by atoms with van der Waals surface area (Å²) < 4.78 is 4.98. The topological polar surface area (TPSA) is 38.3 Å². The highest BCUT2D eigenvalue weighted by Crippen LogP contribution is 2.27. The van der Waals surface area contributed by atoms with Crippen molar-refractivity contribution >= 4 is 22.4 Å². The number of fused-ring (bicyclic) bond motifs is 1. The molecule has 0 saturated heterocycles. The maximum atomic E-state index is 11.5. The third-order valence-electron chi connectivity index (χ3n) is 4.28. The lowest BCUT2D eigenvalue weighted by molar-refractivity contribution is -0.142. The van der Waals surface area contributed by atoms with Gasteiger partial charge in [0, 0.05) is 11.7 Å². The van der Waals surface area contributed by atoms with Crippen molar-refractivity contribution in [3.05, 3.63) is 77.9 Å². The summed E-state index contributed by atoms with van der Waals surface area (Å²) >= 11 is 0. The lowest BCUT2D eigenvalue weighted by Crippen LogP contribution is -2.09. The lowest BCUT2D eigenvalue weighted by atomic mass is 9.99. The van der Waals surface area contributed by atoms with Crippen molar-refractivity contribution in [2.45, 2.75) is 26.3 Å². The number of benzene rings is 3. The molecule has 3 nitrogen and oxygen atoms in total. The van der Waals surface area contributed by atoms with Crippen LogP contribution in [-0.2, 0) is 16.0 Å². The van der Waals surface area contributed by atoms with Crippen LogP contribution in [0.25, 0.3) is 10.8 Å². The van der Waals surface area contributed by atoms with E-state index in [0.717, 1.165) is 11.3 Å². The zero-order chi connectivity index (χ0) is 17.6. The van der Waals surface area contributed by atoms with Gasteiger partial charge in [0.15, 0.2) is 0 Å². The predicted octanol–water partition coefficient (Wildman–Crippen LogP) is 5.12. The number of esters is 1. The fraction of sp³-hybridized carbons (Fsp3) is 0.227. The molecule has 3 heteroatoms. The van der Waals surface area contributed by atoms with E-state index in [1.165, 1.54) is 16.3 Å². The number of rotatable bonds is 6. The zero-order valence-electron chi connectivity index (χ0n) is 14.7. The van der Waals surface area contributed by atoms with E-state index in [0.29, 0.717) is 13.0 Å². The largest absolute Gasteiger partial charge is 0.466 e. The predicted molar refractivity (Wildman–Crippen MR) is 103 cm³/mol. The molecule has 0 aliphatic carbocycles. The first kappa shape index (κ1) is 17.0. The molecule has 3 aromatic carbocycles. The molecule has 0 spiro atoms. The molecule has 0 aromatic heterocycles. The summed E-state index contributed by atoms with van der Waals surface area (Å²) in [6.07, 6.45) is 0.312. The van der Waals surface area contributed by atoms with Crippen molar-refractivity contribution in [3.63, 3.8) is 0 Å². The Kier molecular flexibility index (Phi) is 5.34. The lowest BCUT2D eigenvalue weighted by Gasteiger charge is -2.18. The highest BCUT2D eigenvalue weighted by atomic mass is 16.5. The fourth-order valence-corrected chi connectivity index (χ4v) is 3.05. The summed E-state index contributed by atoms with van der Waals surface area (Å²) in [6, 6.07) is 23.0. The van der Waals surface area contributed by atoms with Gasteiger partial charge < -0.3 is 10.1 Å². The maximum absolute atomic E-state index is 11.5. The summed E-state index contributed by atoms with van der Waals surface area (Å²) in [4.78, 5) is 11.5. The Labute approximate surface area is 148 Å². The van der Waals surface area contributed by atoms with Crippen molar-refractivity contribution in [1.29, 1.82) is 0 Å². The zero-order valence-corrected chi connectivity index (χ0v) is 14.7. The van der Waals surface area contributed by atoms with E-state index in [1.807, 2.05) is 31.2 Å². The highest BCUT2D eigenvalue weighted by Gasteiger charge is 2.09. The Hall–Kier alpha value is -2.81. The third-order valence-corrected chi connectivity index (χ3v) is 4.28. The molecule has 0 aliphatic heterocycles. The molecule has 3 aromatic rings. The highest BCUT2D eigenvalue weighted by molar-refractivity contribution is 5.86. The molecule has 128 valence electrons. The van der Waals surface area contributed by atoms with E-state index in [-0.39, 0.29) is 12.0 Å². The summed E-state index contributed by atoms with van der Waals surface area (Å²) in [5.74, 6) is -0.188. The summed E-state index contributed by atoms with van der Waals surface area (Å²) in [5.41, 5.74) is 3.27. The number of carbonyl (C=O) groups is 1. The minimum Gasteiger partial charge on any atom is -0.466 e. The minimum atomic E-state index is -0.188. The number of hydrogen-bond donors (Lipinski definition) is 1. The summed E-state index contributed by atoms with van der Waals surface area (Å²) in [5, 5.41) is 6.06. The van der Waals surface area contributed by atoms with Crippen LogP contribution in [0.3, 0.4) is 0 Å². The van der Waals surface area contributed by atoms with Crippen LogP contribution in [0.5, 0.6) is 0 Å². The number of carbonyl (C=O) groups excluding carboxylic acids is 1. The fourth-order valence-electron chi connectivity index (χ4n) is 3.05. The smallest absolute Gasteiger partial charge is 0.310 e. The molecule has 1 atom stereocenters. The molecule has 0 saturated carbocycles. The van der Waals surface area contributed by atoms with Crippen LogP contribution in [0.4, 0.5) is 5.69 Å². The van der Waals surface area contributed by atoms with Crippen LogP contribution in [0, 0.1) is 0 Å². The summed E-state index contributed by atoms with van der Waals surface area (Å²) in [7, 11) is 0. The Balaban J connectivity index is 1.72. The molecule has 0 heterocycles. The second kappa shape index (κ2) is 7.84. The van der Waals surface area contributed by atoms with Gasteiger partial charge in [0.1, 0.15) is 0 Å². The van der Waals surface area contributed by atoms with Gasteiger partial charge in [0.05, 0.1) is 13.0 Å². The van der Waals surface area contributed by atoms with Gasteiger partial charge in [-0.15, -0.1) is 0 Å². The number of nitrogens with one attached hydrogen (secondary N) is 1. The molecule has 3 rings (SSSR count). The second-order valence-corrected chi connectivity index (χ2v) is 6.11. The van der Waals surface area contributed by atoms with Gasteiger partial charge in [-0.1, -0.05) is 54.6 Å². The molecule has 1 N–H and O–H groups in total. The number of hydrogen-bond acceptors (Lipinski definition) is 3. The van der Waals surface area contributed by atoms with Crippen molar-refractivity contribution < 1.29 is 9.53 Å². The standard InChI is InChI=1S/C22H23NO2/c1-3-25-22(24)15-17-11-13-19(14-12-17)23-16(2)20-10-6-8-18-7-4-5-9-21(18)20/h4-14,16,23H,3,15H2,1-2H3/t16-/m1/s1. The van der Waals surface area contributed by atoms with Gasteiger partial charge in [0.25, 0.3) is 0 Å². The van der Waals surface area contributed by atoms with Crippen LogP contribution in [0.2, 0.25) is 0 Å². The van der Waals surface area contributed by atoms with E-state index < -0.39 is 0 Å². The van der Waals surface area contributed by atoms with E-state index in [9.17, 15) is 4.79 Å². The maximum Gasteiger partial charge on any atom is 0.310 e. The van der Waals surface area contributed by atoms with Crippen molar-refractivity contribution in [2.75, 3.05) is 11.9 Å². The van der Waals surface area contributed by atoms with Crippen LogP contribution in [-0.4, -0.2) is 12.6 Å². The molecular formula is C22H23NO2. The Morgan fingerprint density at radius 3 is 2.48 bits per heavy atom. The molecule has 0 unspecified atom stereocenters. The summed E-state index contributed by atoms with van der Waals surface area (Å²) in [6.45, 7) is 4.40. The van der Waals surface area contributed by atoms with Crippen LogP contribution in [0.1, 0.15) is 31.0 Å². The number of anilines is 1. The first-order valence-corrected chi connectivity index (χ1v) is 8.66. The first-order chi connectivity index (χ1) is 12.2. The van der Waals surface area contributed by atoms with Crippen molar-refractivity contribution in [2.24, 2.45) is 0 Å². The molecule has 0 amide bonds. The quantitative estimate of drug-likeness (QED) is 0.636. The van der Waals surface area contributed by atoms with Gasteiger partial charge in [-0.2, -0.15) is 0 Å². The molecule has 0 fully saturated rings. The Bertz CT molecular complexity index is 850. The first-order valence-electron chi connectivity index (χ1n) is 8.66. The van der Waals surface area contributed by atoms with Crippen LogP contribution in [0.15, 0.2) is 66.7 Å². The van der Waals surface area contributed by atoms with E-state index in [2.05, 4.69) is 54.7 Å². The average Bonchev–Trinajstić information content (AvgIpc) is 2.63. The average molecular weight is 333 g/mol. The van der Waals surface area contributed by atoms with Crippen LogP contribution < -0.4 is 5.32 Å². The van der Waals surface area contributed by atoms with E-state index >= 15 is 0 Å². The van der Waals surface area contributed by atoms with Gasteiger partial charge in [-0.25, -0.2) is 0 Å². The monoisotopic (exact) mass is 333 g/mol. The normalized spacial score (nSPS) is 11.9. The Morgan fingerprint density at radius 2 is 1.72 bits per heavy atom. The van der Waals surface area contributed by atoms with Gasteiger partial charge in [-0.3, -0.25) is 4.79 Å². The SMILES string of the molecule is CCOC(=O)Cc1ccc(N[C@H](C)c2cccc3ccccc23)cc1. The van der Waals surface area contributed by atoms with E-state index in [4.69, 9.17) is 4.74 Å². The van der Waals surface area contributed by atoms with Crippen LogP contribution >= 0.6 is 0 Å². The third kappa shape index (κ3) is 4.18. The molecule has 0 aliphatic rings.